The molecule has 0 unspecified atom stereocenters. The third kappa shape index (κ3) is 5.82. The van der Waals surface area contributed by atoms with Gasteiger partial charge in [0.2, 0.25) is 0 Å². The van der Waals surface area contributed by atoms with Crippen LogP contribution in [0.4, 0.5) is 5.13 Å². The van der Waals surface area contributed by atoms with E-state index in [2.05, 4.69) is 46.7 Å². The Bertz CT molecular complexity index is 1030. The largest absolute Gasteiger partial charge is 0.365 e. The summed E-state index contributed by atoms with van der Waals surface area (Å²) in [7, 11) is 1.90. The second-order valence-corrected chi connectivity index (χ2v) is 9.50. The van der Waals surface area contributed by atoms with Crippen LogP contribution < -0.4 is 5.32 Å². The summed E-state index contributed by atoms with van der Waals surface area (Å²) >= 11 is 3.41. The summed E-state index contributed by atoms with van der Waals surface area (Å²) in [5.41, 5.74) is 4.38. The van der Waals surface area contributed by atoms with Gasteiger partial charge in [0, 0.05) is 31.0 Å². The van der Waals surface area contributed by atoms with Crippen LogP contribution in [0.5, 0.6) is 0 Å². The van der Waals surface area contributed by atoms with Crippen LogP contribution in [-0.2, 0) is 4.79 Å². The first kappa shape index (κ1) is 22.3. The number of nitrogens with one attached hydrogen (secondary N) is 1. The van der Waals surface area contributed by atoms with E-state index in [0.717, 1.165) is 47.8 Å². The molecule has 0 atom stereocenters. The smallest absolute Gasteiger partial charge is 0.183 e. The summed E-state index contributed by atoms with van der Waals surface area (Å²) in [5.74, 6) is 0.243. The van der Waals surface area contributed by atoms with E-state index in [9.17, 15) is 4.79 Å². The fraction of sp³-hybridized carbons (Fsp3) is 0.348. The first-order chi connectivity index (χ1) is 14.5. The van der Waals surface area contributed by atoms with Gasteiger partial charge in [-0.25, -0.2) is 9.29 Å². The van der Waals surface area contributed by atoms with Crippen molar-refractivity contribution >= 4 is 44.9 Å². The lowest BCUT2D eigenvalue weighted by Gasteiger charge is -2.28. The number of nitriles is 1. The van der Waals surface area contributed by atoms with Crippen LogP contribution >= 0.6 is 23.3 Å². The van der Waals surface area contributed by atoms with Gasteiger partial charge in [0.15, 0.2) is 5.13 Å². The van der Waals surface area contributed by atoms with Gasteiger partial charge in [-0.3, -0.25) is 0 Å². The minimum Gasteiger partial charge on any atom is -0.365 e. The Morgan fingerprint density at radius 2 is 1.93 bits per heavy atom. The Kier molecular flexibility index (Phi) is 7.86. The van der Waals surface area contributed by atoms with E-state index in [4.69, 9.17) is 5.26 Å². The Morgan fingerprint density at radius 1 is 1.23 bits per heavy atom. The maximum atomic E-state index is 10.6. The average molecular weight is 439 g/mol. The van der Waals surface area contributed by atoms with Gasteiger partial charge in [-0.2, -0.15) is 5.26 Å². The Labute approximate surface area is 186 Å². The number of rotatable bonds is 4. The molecular formula is C23H26N4OS2. The lowest BCUT2D eigenvalue weighted by atomic mass is 10.0. The molecule has 156 valence electrons. The molecule has 2 aromatic carbocycles. The number of thiazole rings is 1. The highest BCUT2D eigenvalue weighted by atomic mass is 32.2. The molecular weight excluding hydrogens is 412 g/mol. The summed E-state index contributed by atoms with van der Waals surface area (Å²) in [6.45, 7) is 6.14. The topological polar surface area (TPSA) is 69.0 Å². The number of aldehydes is 1. The van der Waals surface area contributed by atoms with Gasteiger partial charge >= 0.3 is 0 Å². The molecule has 0 aliphatic carbocycles. The van der Waals surface area contributed by atoms with Crippen LogP contribution in [0.2, 0.25) is 0 Å². The normalized spacial score (nSPS) is 14.6. The van der Waals surface area contributed by atoms with Gasteiger partial charge in [-0.15, -0.1) is 0 Å². The zero-order chi connectivity index (χ0) is 21.5. The van der Waals surface area contributed by atoms with Crippen molar-refractivity contribution in [3.05, 3.63) is 53.1 Å². The molecule has 1 saturated heterocycles. The number of aryl methyl sites for hydroxylation is 2. The number of hydrogen-bond acceptors (Lipinski definition) is 7. The molecule has 1 N–H and O–H groups in total. The molecule has 1 aromatic heterocycles. The van der Waals surface area contributed by atoms with Crippen molar-refractivity contribution in [3.8, 4) is 6.07 Å². The summed E-state index contributed by atoms with van der Waals surface area (Å²) in [4.78, 5) is 16.2. The van der Waals surface area contributed by atoms with Gasteiger partial charge in [0.25, 0.3) is 0 Å². The molecule has 3 aromatic rings. The lowest BCUT2D eigenvalue weighted by molar-refractivity contribution is -0.112. The number of benzene rings is 2. The monoisotopic (exact) mass is 438 g/mol. The molecule has 7 heteroatoms. The van der Waals surface area contributed by atoms with Crippen molar-refractivity contribution in [2.75, 3.05) is 25.5 Å². The van der Waals surface area contributed by atoms with E-state index in [-0.39, 0.29) is 5.92 Å². The van der Waals surface area contributed by atoms with Crippen LogP contribution in [0.15, 0.2) is 41.3 Å². The maximum absolute atomic E-state index is 10.6. The van der Waals surface area contributed by atoms with E-state index >= 15 is 0 Å². The third-order valence-corrected chi connectivity index (χ3v) is 7.27. The second-order valence-electron chi connectivity index (χ2n) is 7.33. The fourth-order valence-corrected chi connectivity index (χ4v) is 5.14. The highest BCUT2D eigenvalue weighted by molar-refractivity contribution is 7.97. The highest BCUT2D eigenvalue weighted by Crippen LogP contribution is 2.29. The number of nitrogens with zero attached hydrogens (tertiary/aromatic N) is 3. The van der Waals surface area contributed by atoms with Gasteiger partial charge < -0.3 is 10.1 Å². The molecule has 0 amide bonds. The summed E-state index contributed by atoms with van der Waals surface area (Å²) < 4.78 is 3.57. The van der Waals surface area contributed by atoms with Gasteiger partial charge in [-0.05, 0) is 80.1 Å². The number of aromatic nitrogens is 1. The molecule has 2 heterocycles. The number of anilines is 1. The molecule has 5 nitrogen and oxygen atoms in total. The standard InChI is InChI=1S/C13H14N2OS.C10H12N2S/c14-9-11-1-3-13(4-2-11)17-15-7-5-12(10-16)6-8-15;1-6-4-7(2)9-8(5-6)12-10(11-3)13-9/h1-4,10,12H,5-8H2;4-5H,1-3H3,(H,11,12). The van der Waals surface area contributed by atoms with Crippen LogP contribution in [0.25, 0.3) is 10.2 Å². The summed E-state index contributed by atoms with van der Waals surface area (Å²) in [5, 5.41) is 12.8. The van der Waals surface area contributed by atoms with E-state index < -0.39 is 0 Å². The average Bonchev–Trinajstić information content (AvgIpc) is 3.19. The van der Waals surface area contributed by atoms with E-state index in [1.807, 2.05) is 31.3 Å². The Hall–Kier alpha value is -2.40. The van der Waals surface area contributed by atoms with Crippen molar-refractivity contribution in [1.82, 2.24) is 9.29 Å². The van der Waals surface area contributed by atoms with Crippen molar-refractivity contribution in [1.29, 1.82) is 5.26 Å². The van der Waals surface area contributed by atoms with Crippen molar-refractivity contribution in [2.24, 2.45) is 5.92 Å². The highest BCUT2D eigenvalue weighted by Gasteiger charge is 2.19. The van der Waals surface area contributed by atoms with Crippen molar-refractivity contribution in [2.45, 2.75) is 31.6 Å². The van der Waals surface area contributed by atoms with Crippen molar-refractivity contribution in [3.63, 3.8) is 0 Å². The SMILES string of the molecule is CNc1nc2cc(C)cc(C)c2s1.N#Cc1ccc(SN2CCC(C=O)CC2)cc1. The van der Waals surface area contributed by atoms with Crippen LogP contribution in [0.1, 0.15) is 29.5 Å². The zero-order valence-electron chi connectivity index (χ0n) is 17.5. The molecule has 4 rings (SSSR count). The predicted molar refractivity (Wildman–Crippen MR) is 126 cm³/mol. The minimum atomic E-state index is 0.243. The Balaban J connectivity index is 0.000000177. The van der Waals surface area contributed by atoms with E-state index in [1.165, 1.54) is 15.8 Å². The number of carbonyl (C=O) groups excluding carboxylic acids is 1. The molecule has 0 bridgehead atoms. The van der Waals surface area contributed by atoms with Crippen LogP contribution in [-0.4, -0.2) is 35.7 Å². The van der Waals surface area contributed by atoms with E-state index in [0.29, 0.717) is 5.56 Å². The number of fused-ring (bicyclic) bond motifs is 1. The maximum Gasteiger partial charge on any atom is 0.183 e. The third-order valence-electron chi connectivity index (χ3n) is 4.94. The van der Waals surface area contributed by atoms with E-state index in [1.54, 1.807) is 23.3 Å². The summed E-state index contributed by atoms with van der Waals surface area (Å²) in [6.07, 6.45) is 2.98. The Morgan fingerprint density at radius 3 is 2.53 bits per heavy atom. The first-order valence-corrected chi connectivity index (χ1v) is 11.5. The fourth-order valence-electron chi connectivity index (χ4n) is 3.33. The van der Waals surface area contributed by atoms with Crippen LogP contribution in [0, 0.1) is 31.1 Å². The zero-order valence-corrected chi connectivity index (χ0v) is 19.1. The quantitative estimate of drug-likeness (QED) is 0.433. The lowest BCUT2D eigenvalue weighted by Crippen LogP contribution is -2.28. The number of carbonyl (C=O) groups is 1. The molecule has 30 heavy (non-hydrogen) atoms. The summed E-state index contributed by atoms with van der Waals surface area (Å²) in [6, 6.07) is 14.0. The number of piperidine rings is 1. The molecule has 1 aliphatic rings. The van der Waals surface area contributed by atoms with Crippen molar-refractivity contribution < 1.29 is 4.79 Å². The van der Waals surface area contributed by atoms with Gasteiger partial charge in [0.1, 0.15) is 6.29 Å². The molecule has 0 spiro atoms. The first-order valence-electron chi connectivity index (χ1n) is 9.96. The van der Waals surface area contributed by atoms with Gasteiger partial charge in [-0.1, -0.05) is 17.4 Å². The molecule has 0 saturated carbocycles. The minimum absolute atomic E-state index is 0.243. The van der Waals surface area contributed by atoms with Crippen LogP contribution in [0.3, 0.4) is 0 Å². The second kappa shape index (κ2) is 10.6. The number of hydrogen-bond donors (Lipinski definition) is 1. The molecule has 0 radical (unpaired) electrons. The molecule has 1 aliphatic heterocycles. The molecule has 1 fully saturated rings. The van der Waals surface area contributed by atoms with Gasteiger partial charge in [0.05, 0.1) is 21.8 Å². The predicted octanol–water partition coefficient (Wildman–Crippen LogP) is 5.43.